The van der Waals surface area contributed by atoms with E-state index in [1.807, 2.05) is 0 Å². The second-order valence-corrected chi connectivity index (χ2v) is 7.79. The summed E-state index contributed by atoms with van der Waals surface area (Å²) in [6.07, 6.45) is -4.32. The van der Waals surface area contributed by atoms with Gasteiger partial charge in [-0.2, -0.15) is 13.2 Å². The number of nitrogens with zero attached hydrogens (tertiary/aromatic N) is 5. The van der Waals surface area contributed by atoms with E-state index in [-0.39, 0.29) is 12.1 Å². The average Bonchev–Trinajstić information content (AvgIpc) is 2.86. The van der Waals surface area contributed by atoms with Crippen molar-refractivity contribution in [1.82, 2.24) is 20.3 Å². The van der Waals surface area contributed by atoms with E-state index in [0.717, 1.165) is 17.7 Å². The lowest BCUT2D eigenvalue weighted by Gasteiger charge is -2.31. The summed E-state index contributed by atoms with van der Waals surface area (Å²) in [5, 5.41) is 5.13. The van der Waals surface area contributed by atoms with Crippen molar-refractivity contribution in [3.05, 3.63) is 76.7 Å². The highest BCUT2D eigenvalue weighted by atomic mass is 19.4. The Labute approximate surface area is 202 Å². The zero-order valence-electron chi connectivity index (χ0n) is 18.5. The maximum Gasteiger partial charge on any atom is 0.407 e. The zero-order valence-corrected chi connectivity index (χ0v) is 18.5. The van der Waals surface area contributed by atoms with E-state index in [1.165, 1.54) is 30.7 Å². The van der Waals surface area contributed by atoms with Crippen molar-refractivity contribution in [2.45, 2.75) is 25.6 Å². The lowest BCUT2D eigenvalue weighted by atomic mass is 10.0. The highest BCUT2D eigenvalue weighted by Crippen LogP contribution is 2.39. The number of hydrogen-bond acceptors (Lipinski definition) is 6. The Morgan fingerprint density at radius 2 is 1.97 bits per heavy atom. The van der Waals surface area contributed by atoms with E-state index in [0.29, 0.717) is 36.0 Å². The van der Waals surface area contributed by atoms with Crippen molar-refractivity contribution < 1.29 is 26.7 Å². The molecule has 13 heteroatoms. The van der Waals surface area contributed by atoms with Crippen LogP contribution in [0.25, 0.3) is 4.85 Å². The first-order valence-electron chi connectivity index (χ1n) is 10.6. The van der Waals surface area contributed by atoms with Crippen LogP contribution in [-0.2, 0) is 19.1 Å². The second kappa shape index (κ2) is 10.1. The monoisotopic (exact) mass is 503 g/mol. The molecule has 0 unspecified atom stereocenters. The number of alkyl halides is 5. The normalized spacial score (nSPS) is 13.2. The average molecular weight is 503 g/mol. The number of fused-ring (bicyclic) bond motifs is 1. The van der Waals surface area contributed by atoms with Gasteiger partial charge in [-0.1, -0.05) is 6.07 Å². The summed E-state index contributed by atoms with van der Waals surface area (Å²) in [4.78, 5) is 29.2. The lowest BCUT2D eigenvalue weighted by Crippen LogP contribution is -2.32. The summed E-state index contributed by atoms with van der Waals surface area (Å²) in [6.45, 7) is 6.86. The number of amides is 1. The molecule has 0 saturated carbocycles. The fourth-order valence-corrected chi connectivity index (χ4v) is 3.72. The molecule has 0 atom stereocenters. The number of rotatable bonds is 6. The Kier molecular flexibility index (Phi) is 6.96. The molecule has 4 rings (SSSR count). The predicted octanol–water partition coefficient (Wildman–Crippen LogP) is 4.74. The molecular formula is C23H18F5N7O. The molecule has 186 valence electrons. The molecule has 0 spiro atoms. The number of aromatic nitrogens is 3. The van der Waals surface area contributed by atoms with Crippen LogP contribution in [0.4, 0.5) is 45.0 Å². The van der Waals surface area contributed by atoms with Crippen molar-refractivity contribution in [3.8, 4) is 0 Å². The standard InChI is InChI=1S/C23H18F5N7O/c1-29-17-4-3-14(8-16(17)23(26,27)28)35-7-6-15-18(11-35)32-12-33-21(15)34-20-5-2-13(9-30-20)22(36)31-10-19(24)25/h2-5,8-9,12,19H,6-7,10-11H2,(H,31,36)(H,30,32,33,34). The van der Waals surface area contributed by atoms with Gasteiger partial charge in [-0.15, -0.1) is 0 Å². The van der Waals surface area contributed by atoms with Crippen LogP contribution >= 0.6 is 0 Å². The third-order valence-corrected chi connectivity index (χ3v) is 5.47. The molecule has 2 aromatic heterocycles. The van der Waals surface area contributed by atoms with E-state index in [1.54, 1.807) is 4.90 Å². The Morgan fingerprint density at radius 3 is 2.64 bits per heavy atom. The van der Waals surface area contributed by atoms with Gasteiger partial charge in [0.15, 0.2) is 5.69 Å². The van der Waals surface area contributed by atoms with Gasteiger partial charge < -0.3 is 15.5 Å². The van der Waals surface area contributed by atoms with E-state index >= 15 is 0 Å². The Balaban J connectivity index is 1.50. The third kappa shape index (κ3) is 5.48. The molecule has 0 bridgehead atoms. The molecule has 1 aliphatic rings. The van der Waals surface area contributed by atoms with Crippen molar-refractivity contribution >= 4 is 28.9 Å². The molecule has 1 amide bonds. The maximum atomic E-state index is 13.4. The van der Waals surface area contributed by atoms with E-state index in [4.69, 9.17) is 6.57 Å². The molecule has 3 aromatic rings. The first-order valence-corrected chi connectivity index (χ1v) is 10.6. The molecule has 0 saturated heterocycles. The largest absolute Gasteiger partial charge is 0.407 e. The van der Waals surface area contributed by atoms with Gasteiger partial charge in [0.05, 0.1) is 36.5 Å². The Morgan fingerprint density at radius 1 is 1.17 bits per heavy atom. The van der Waals surface area contributed by atoms with Gasteiger partial charge in [-0.3, -0.25) is 4.79 Å². The second-order valence-electron chi connectivity index (χ2n) is 7.79. The number of carbonyl (C=O) groups is 1. The Bertz CT molecular complexity index is 1310. The fourth-order valence-electron chi connectivity index (χ4n) is 3.72. The van der Waals surface area contributed by atoms with Crippen molar-refractivity contribution in [1.29, 1.82) is 0 Å². The van der Waals surface area contributed by atoms with Gasteiger partial charge in [-0.05, 0) is 30.7 Å². The minimum Gasteiger partial charge on any atom is -0.365 e. The van der Waals surface area contributed by atoms with Gasteiger partial charge >= 0.3 is 6.18 Å². The van der Waals surface area contributed by atoms with Gasteiger partial charge in [0, 0.05) is 24.0 Å². The smallest absolute Gasteiger partial charge is 0.365 e. The van der Waals surface area contributed by atoms with Crippen LogP contribution in [0.3, 0.4) is 0 Å². The number of anilines is 3. The van der Waals surface area contributed by atoms with E-state index in [9.17, 15) is 26.7 Å². The molecule has 0 fully saturated rings. The minimum absolute atomic E-state index is 0.115. The van der Waals surface area contributed by atoms with Crippen LogP contribution in [0.1, 0.15) is 27.2 Å². The summed E-state index contributed by atoms with van der Waals surface area (Å²) >= 11 is 0. The molecule has 36 heavy (non-hydrogen) atoms. The van der Waals surface area contributed by atoms with Gasteiger partial charge in [-0.25, -0.2) is 28.6 Å². The predicted molar refractivity (Wildman–Crippen MR) is 120 cm³/mol. The van der Waals surface area contributed by atoms with E-state index < -0.39 is 36.3 Å². The van der Waals surface area contributed by atoms with Gasteiger partial charge in [0.1, 0.15) is 18.0 Å². The van der Waals surface area contributed by atoms with Crippen LogP contribution in [0, 0.1) is 6.57 Å². The number of hydrogen-bond donors (Lipinski definition) is 2. The Hall–Kier alpha value is -4.34. The minimum atomic E-state index is -4.64. The highest BCUT2D eigenvalue weighted by molar-refractivity contribution is 5.94. The fraction of sp³-hybridized carbons (Fsp3) is 0.261. The SMILES string of the molecule is [C-]#[N+]c1ccc(N2CCc3c(ncnc3Nc3ccc(C(=O)NCC(F)F)cn3)C2)cc1C(F)(F)F. The molecule has 0 radical (unpaired) electrons. The first kappa shape index (κ1) is 24.8. The number of pyridine rings is 1. The van der Waals surface area contributed by atoms with Gasteiger partial charge in [0.2, 0.25) is 0 Å². The van der Waals surface area contributed by atoms with Crippen molar-refractivity contribution in [3.63, 3.8) is 0 Å². The molecule has 1 aliphatic heterocycles. The van der Waals surface area contributed by atoms with Crippen molar-refractivity contribution in [2.75, 3.05) is 23.3 Å². The number of nitrogens with one attached hydrogen (secondary N) is 2. The lowest BCUT2D eigenvalue weighted by molar-refractivity contribution is -0.136. The van der Waals surface area contributed by atoms with Crippen LogP contribution in [0.5, 0.6) is 0 Å². The molecule has 8 nitrogen and oxygen atoms in total. The zero-order chi connectivity index (χ0) is 25.9. The number of halogens is 5. The summed E-state index contributed by atoms with van der Waals surface area (Å²) < 4.78 is 64.6. The van der Waals surface area contributed by atoms with E-state index in [2.05, 4.69) is 30.4 Å². The third-order valence-electron chi connectivity index (χ3n) is 5.47. The van der Waals surface area contributed by atoms with Crippen LogP contribution in [-0.4, -0.2) is 40.4 Å². The summed E-state index contributed by atoms with van der Waals surface area (Å²) in [6, 6.07) is 6.55. The quantitative estimate of drug-likeness (QED) is 0.373. The van der Waals surface area contributed by atoms with Crippen molar-refractivity contribution in [2.24, 2.45) is 0 Å². The number of benzene rings is 1. The summed E-state index contributed by atoms with van der Waals surface area (Å²) in [5.74, 6) is 0.140. The molecule has 3 heterocycles. The summed E-state index contributed by atoms with van der Waals surface area (Å²) in [5.41, 5.74) is 0.387. The number of carbonyl (C=O) groups excluding carboxylic acids is 1. The summed E-state index contributed by atoms with van der Waals surface area (Å²) in [7, 11) is 0. The highest BCUT2D eigenvalue weighted by Gasteiger charge is 2.34. The van der Waals surface area contributed by atoms with Crippen LogP contribution in [0.2, 0.25) is 0 Å². The van der Waals surface area contributed by atoms with Crippen LogP contribution in [0.15, 0.2) is 42.9 Å². The van der Waals surface area contributed by atoms with Crippen LogP contribution < -0.4 is 15.5 Å². The molecular weight excluding hydrogens is 485 g/mol. The topological polar surface area (TPSA) is 87.4 Å². The van der Waals surface area contributed by atoms with Gasteiger partial charge in [0.25, 0.3) is 12.3 Å². The maximum absolute atomic E-state index is 13.4. The molecule has 1 aromatic carbocycles. The molecule has 0 aliphatic carbocycles. The molecule has 2 N–H and O–H groups in total. The first-order chi connectivity index (χ1) is 17.2.